The number of carboxylic acids is 2. The summed E-state index contributed by atoms with van der Waals surface area (Å²) < 4.78 is 5.20. The molecule has 0 aliphatic heterocycles. The second kappa shape index (κ2) is 7.92. The second-order valence-electron chi connectivity index (χ2n) is 5.53. The first-order chi connectivity index (χ1) is 12.7. The summed E-state index contributed by atoms with van der Waals surface area (Å²) in [7, 11) is 0. The van der Waals surface area contributed by atoms with E-state index in [1.807, 2.05) is 0 Å². The summed E-state index contributed by atoms with van der Waals surface area (Å²) >= 11 is 0.988. The zero-order valence-corrected chi connectivity index (χ0v) is 14.9. The zero-order valence-electron chi connectivity index (χ0n) is 14.0. The average molecular weight is 389 g/mol. The van der Waals surface area contributed by atoms with Crippen molar-refractivity contribution in [3.8, 4) is 0 Å². The molecule has 1 unspecified atom stereocenters. The van der Waals surface area contributed by atoms with E-state index >= 15 is 0 Å². The molecule has 140 valence electrons. The normalized spacial score (nSPS) is 12.6. The van der Waals surface area contributed by atoms with Gasteiger partial charge in [0.2, 0.25) is 0 Å². The van der Waals surface area contributed by atoms with Crippen LogP contribution in [-0.4, -0.2) is 34.5 Å². The smallest absolute Gasteiger partial charge is 0.406 e. The van der Waals surface area contributed by atoms with Gasteiger partial charge in [0.05, 0.1) is 11.1 Å². The van der Waals surface area contributed by atoms with Crippen molar-refractivity contribution in [2.75, 3.05) is 0 Å². The topological polar surface area (TPSA) is 144 Å². The maximum Gasteiger partial charge on any atom is 0.406 e. The Morgan fingerprint density at radius 2 is 1.70 bits per heavy atom. The number of carboxylic acid groups (broad SMARTS) is 2. The summed E-state index contributed by atoms with van der Waals surface area (Å²) in [4.78, 5) is 44.0. The molecule has 9 heteroatoms. The molecule has 0 saturated carbocycles. The highest BCUT2D eigenvalue weighted by Crippen LogP contribution is 2.44. The number of aldehydes is 1. The Morgan fingerprint density at radius 1 is 1.07 bits per heavy atom. The van der Waals surface area contributed by atoms with E-state index in [0.29, 0.717) is 16.7 Å². The summed E-state index contributed by atoms with van der Waals surface area (Å²) in [5.41, 5.74) is 5.09. The molecule has 0 aromatic heterocycles. The number of primary amides is 1. The molecule has 0 saturated heterocycles. The fourth-order valence-electron chi connectivity index (χ4n) is 2.41. The van der Waals surface area contributed by atoms with Gasteiger partial charge in [-0.3, -0.25) is 4.79 Å². The second-order valence-corrected chi connectivity index (χ2v) is 6.98. The van der Waals surface area contributed by atoms with Crippen molar-refractivity contribution < 1.29 is 34.1 Å². The van der Waals surface area contributed by atoms with Gasteiger partial charge in [0, 0.05) is 16.0 Å². The Morgan fingerprint density at radius 3 is 2.19 bits per heavy atom. The van der Waals surface area contributed by atoms with Crippen molar-refractivity contribution in [3.63, 3.8) is 0 Å². The Kier molecular flexibility index (Phi) is 5.86. The van der Waals surface area contributed by atoms with Crippen LogP contribution in [-0.2, 0) is 9.67 Å². The summed E-state index contributed by atoms with van der Waals surface area (Å²) in [5.74, 6) is -2.68. The van der Waals surface area contributed by atoms with E-state index in [1.165, 1.54) is 19.1 Å². The van der Waals surface area contributed by atoms with Crippen molar-refractivity contribution in [1.29, 1.82) is 0 Å². The van der Waals surface area contributed by atoms with Crippen LogP contribution in [0.5, 0.6) is 0 Å². The Balaban J connectivity index is 2.56. The Labute approximate surface area is 157 Å². The van der Waals surface area contributed by atoms with Gasteiger partial charge in [0.15, 0.2) is 4.93 Å². The Hall–Kier alpha value is -3.33. The van der Waals surface area contributed by atoms with Gasteiger partial charge in [0.1, 0.15) is 6.29 Å². The van der Waals surface area contributed by atoms with E-state index in [1.54, 1.807) is 24.3 Å². The largest absolute Gasteiger partial charge is 0.478 e. The van der Waals surface area contributed by atoms with Gasteiger partial charge in [-0.15, -0.1) is 0 Å². The predicted octanol–water partition coefficient (Wildman–Crippen LogP) is 2.96. The number of nitrogens with two attached hydrogens (primary N) is 1. The third kappa shape index (κ3) is 4.64. The monoisotopic (exact) mass is 389 g/mol. The highest BCUT2D eigenvalue weighted by Gasteiger charge is 2.36. The number of carbonyl (C=O) groups excluding carboxylic acids is 2. The van der Waals surface area contributed by atoms with Gasteiger partial charge in [0.25, 0.3) is 0 Å². The number of ether oxygens (including phenoxy) is 1. The molecule has 1 amide bonds. The molecule has 0 radical (unpaired) electrons. The molecule has 0 spiro atoms. The molecule has 0 aliphatic rings. The minimum Gasteiger partial charge on any atom is -0.478 e. The van der Waals surface area contributed by atoms with E-state index in [4.69, 9.17) is 15.6 Å². The number of benzene rings is 2. The van der Waals surface area contributed by atoms with Crippen LogP contribution in [0.2, 0.25) is 0 Å². The summed E-state index contributed by atoms with van der Waals surface area (Å²) in [5, 5.41) is 18.6. The maximum atomic E-state index is 11.7. The number of amides is 1. The van der Waals surface area contributed by atoms with E-state index in [2.05, 4.69) is 0 Å². The first-order valence-corrected chi connectivity index (χ1v) is 8.32. The molecule has 27 heavy (non-hydrogen) atoms. The average Bonchev–Trinajstić information content (AvgIpc) is 2.61. The van der Waals surface area contributed by atoms with Crippen LogP contribution in [0, 0.1) is 0 Å². The molecular weight excluding hydrogens is 374 g/mol. The van der Waals surface area contributed by atoms with Crippen LogP contribution >= 0.6 is 11.8 Å². The lowest BCUT2D eigenvalue weighted by Gasteiger charge is -2.30. The summed E-state index contributed by atoms with van der Waals surface area (Å²) in [6, 6.07) is 9.76. The molecule has 0 aliphatic carbocycles. The summed E-state index contributed by atoms with van der Waals surface area (Å²) in [6.07, 6.45) is -0.464. The number of rotatable bonds is 7. The molecule has 2 aromatic carbocycles. The van der Waals surface area contributed by atoms with Crippen molar-refractivity contribution in [2.24, 2.45) is 5.73 Å². The number of carbonyl (C=O) groups is 4. The molecule has 4 N–H and O–H groups in total. The van der Waals surface area contributed by atoms with Gasteiger partial charge < -0.3 is 20.7 Å². The van der Waals surface area contributed by atoms with Crippen LogP contribution < -0.4 is 5.73 Å². The molecule has 2 aromatic rings. The predicted molar refractivity (Wildman–Crippen MR) is 96.1 cm³/mol. The highest BCUT2D eigenvalue weighted by atomic mass is 32.2. The number of thioether (sulfide) groups is 1. The van der Waals surface area contributed by atoms with Crippen molar-refractivity contribution in [3.05, 3.63) is 64.7 Å². The van der Waals surface area contributed by atoms with Gasteiger partial charge in [-0.25, -0.2) is 14.4 Å². The van der Waals surface area contributed by atoms with Gasteiger partial charge in [-0.05, 0) is 31.2 Å². The van der Waals surface area contributed by atoms with Crippen molar-refractivity contribution >= 4 is 36.1 Å². The number of aromatic carboxylic acids is 2. The van der Waals surface area contributed by atoms with E-state index in [9.17, 15) is 24.3 Å². The van der Waals surface area contributed by atoms with Crippen LogP contribution in [0.15, 0.2) is 47.4 Å². The standard InChI is InChI=1S/C18H15NO7S/c1-18(26-17(19)25,27-12-5-2-10(9-20)3-6-12)14-7-4-11(15(21)22)8-13(14)16(23)24/h2-9H,1H3,(H2,19,25)(H,21,22)(H,23,24). The quantitative estimate of drug-likeness (QED) is 0.372. The molecule has 1 atom stereocenters. The van der Waals surface area contributed by atoms with Gasteiger partial charge >= 0.3 is 18.0 Å². The SMILES string of the molecule is CC(OC(N)=O)(Sc1ccc(C=O)cc1)c1ccc(C(=O)O)cc1C(=O)O. The molecule has 0 heterocycles. The van der Waals surface area contributed by atoms with Crippen molar-refractivity contribution in [1.82, 2.24) is 0 Å². The maximum absolute atomic E-state index is 11.7. The van der Waals surface area contributed by atoms with Crippen molar-refractivity contribution in [2.45, 2.75) is 16.8 Å². The first kappa shape index (κ1) is 20.0. The minimum absolute atomic E-state index is 0.0586. The number of hydrogen-bond donors (Lipinski definition) is 3. The van der Waals surface area contributed by atoms with Gasteiger partial charge in [-0.2, -0.15) is 0 Å². The Bertz CT molecular complexity index is 910. The van der Waals surface area contributed by atoms with Gasteiger partial charge in [-0.1, -0.05) is 30.0 Å². The lowest BCUT2D eigenvalue weighted by Crippen LogP contribution is -2.31. The minimum atomic E-state index is -1.56. The van der Waals surface area contributed by atoms with Crippen LogP contribution in [0.4, 0.5) is 4.79 Å². The van der Waals surface area contributed by atoms with E-state index in [-0.39, 0.29) is 16.7 Å². The van der Waals surface area contributed by atoms with Crippen LogP contribution in [0.25, 0.3) is 0 Å². The summed E-state index contributed by atoms with van der Waals surface area (Å²) in [6.45, 7) is 1.44. The molecule has 0 bridgehead atoms. The third-order valence-electron chi connectivity index (χ3n) is 3.61. The zero-order chi connectivity index (χ0) is 20.2. The lowest BCUT2D eigenvalue weighted by molar-refractivity contribution is 0.0672. The molecule has 0 fully saturated rings. The third-order valence-corrected chi connectivity index (χ3v) is 4.81. The van der Waals surface area contributed by atoms with E-state index < -0.39 is 23.0 Å². The highest BCUT2D eigenvalue weighted by molar-refractivity contribution is 8.00. The van der Waals surface area contributed by atoms with Crippen LogP contribution in [0.1, 0.15) is 43.6 Å². The van der Waals surface area contributed by atoms with E-state index in [0.717, 1.165) is 17.8 Å². The van der Waals surface area contributed by atoms with Crippen LogP contribution in [0.3, 0.4) is 0 Å². The lowest BCUT2D eigenvalue weighted by atomic mass is 9.99. The molecular formula is C18H15NO7S. The fraction of sp³-hybridized carbons (Fsp3) is 0.111. The number of hydrogen-bond acceptors (Lipinski definition) is 6. The fourth-order valence-corrected chi connectivity index (χ4v) is 3.55. The first-order valence-electron chi connectivity index (χ1n) is 7.50. The molecule has 8 nitrogen and oxygen atoms in total. The molecule has 2 rings (SSSR count).